The summed E-state index contributed by atoms with van der Waals surface area (Å²) in [5, 5.41) is 4.75. The second-order valence-electron chi connectivity index (χ2n) is 2.85. The lowest BCUT2D eigenvalue weighted by Gasteiger charge is -2.14. The minimum Gasteiger partial charge on any atom is -0.370 e. The van der Waals surface area contributed by atoms with Crippen LogP contribution in [-0.2, 0) is 0 Å². The number of rotatable bonds is 1. The third-order valence-corrected chi connectivity index (χ3v) is 4.01. The molecule has 1 nitrogen and oxygen atoms in total. The second-order valence-corrected chi connectivity index (χ2v) is 5.00. The molecule has 0 fully saturated rings. The highest BCUT2D eigenvalue weighted by Crippen LogP contribution is 2.36. The van der Waals surface area contributed by atoms with Crippen molar-refractivity contribution in [1.29, 1.82) is 0 Å². The van der Waals surface area contributed by atoms with Gasteiger partial charge in [0.2, 0.25) is 0 Å². The van der Waals surface area contributed by atoms with Crippen LogP contribution in [0.2, 0.25) is 0 Å². The van der Waals surface area contributed by atoms with Gasteiger partial charge in [-0.25, -0.2) is 0 Å². The van der Waals surface area contributed by atoms with Crippen molar-refractivity contribution in [1.82, 2.24) is 0 Å². The van der Waals surface area contributed by atoms with Crippen molar-refractivity contribution in [2.45, 2.75) is 17.2 Å². The molecule has 0 bridgehead atoms. The average Bonchev–Trinajstić information content (AvgIpc) is 2.46. The first kappa shape index (κ1) is 8.20. The second kappa shape index (κ2) is 3.15. The molecule has 0 amide bonds. The summed E-state index contributed by atoms with van der Waals surface area (Å²) in [6, 6.07) is 2.71. The van der Waals surface area contributed by atoms with Gasteiger partial charge in [0.1, 0.15) is 0 Å². The lowest BCUT2D eigenvalue weighted by Crippen LogP contribution is -2.13. The monoisotopic (exact) mass is 197 g/mol. The maximum Gasteiger partial charge on any atom is 0.0972 e. The fourth-order valence-corrected chi connectivity index (χ4v) is 2.93. The van der Waals surface area contributed by atoms with Crippen LogP contribution >= 0.6 is 23.1 Å². The van der Waals surface area contributed by atoms with E-state index in [1.807, 2.05) is 23.1 Å². The van der Waals surface area contributed by atoms with Crippen LogP contribution in [0.1, 0.15) is 12.5 Å². The normalized spacial score (nSPS) is 20.3. The molecule has 1 aliphatic rings. The van der Waals surface area contributed by atoms with E-state index in [2.05, 4.69) is 36.7 Å². The van der Waals surface area contributed by atoms with Crippen molar-refractivity contribution >= 4 is 34.2 Å². The molecule has 64 valence electrons. The third kappa shape index (κ3) is 1.39. The molecule has 0 aliphatic carbocycles. The largest absolute Gasteiger partial charge is 0.370 e. The van der Waals surface area contributed by atoms with E-state index in [1.165, 1.54) is 14.8 Å². The predicted molar refractivity (Wildman–Crippen MR) is 58.2 cm³/mol. The number of thioether (sulfide) groups is 1. The van der Waals surface area contributed by atoms with E-state index in [1.54, 1.807) is 0 Å². The molecule has 1 unspecified atom stereocenters. The van der Waals surface area contributed by atoms with Gasteiger partial charge in [0.15, 0.2) is 0 Å². The molecule has 0 saturated carbocycles. The third-order valence-electron chi connectivity index (χ3n) is 1.86. The Hall–Kier alpha value is -0.410. The van der Waals surface area contributed by atoms with Gasteiger partial charge >= 0.3 is 0 Å². The first-order chi connectivity index (χ1) is 5.79. The summed E-state index contributed by atoms with van der Waals surface area (Å²) in [4.78, 5) is 0. The Labute approximate surface area is 80.9 Å². The predicted octanol–water partition coefficient (Wildman–Crippen LogP) is 3.30. The molecule has 0 radical (unpaired) electrons. The van der Waals surface area contributed by atoms with E-state index in [4.69, 9.17) is 0 Å². The lowest BCUT2D eigenvalue weighted by atomic mass is 10.2. The molecule has 2 heterocycles. The van der Waals surface area contributed by atoms with E-state index in [0.29, 0.717) is 6.04 Å². The first-order valence-corrected chi connectivity index (χ1v) is 5.96. The zero-order chi connectivity index (χ0) is 8.55. The molecule has 0 aromatic carbocycles. The van der Waals surface area contributed by atoms with Crippen molar-refractivity contribution in [2.24, 2.45) is 0 Å². The fourth-order valence-electron chi connectivity index (χ4n) is 1.22. The molecular weight excluding hydrogens is 186 g/mol. The Kier molecular flexibility index (Phi) is 2.15. The molecular formula is C9H11NS2. The quantitative estimate of drug-likeness (QED) is 0.693. The Balaban J connectivity index is 2.37. The Bertz CT molecular complexity index is 314. The number of nitrogens with one attached hydrogen (secondary N) is 1. The van der Waals surface area contributed by atoms with E-state index in [-0.39, 0.29) is 0 Å². The molecule has 0 saturated heterocycles. The molecule has 0 spiro atoms. The Morgan fingerprint density at radius 3 is 3.17 bits per heavy atom. The smallest absolute Gasteiger partial charge is 0.0972 e. The molecule has 1 aliphatic heterocycles. The maximum atomic E-state index is 3.43. The van der Waals surface area contributed by atoms with Gasteiger partial charge in [-0.15, -0.1) is 23.1 Å². The number of thiophene rings is 1. The molecule has 1 aromatic rings. The van der Waals surface area contributed by atoms with Crippen molar-refractivity contribution in [3.8, 4) is 0 Å². The Morgan fingerprint density at radius 1 is 1.58 bits per heavy atom. The average molecular weight is 197 g/mol. The molecule has 1 N–H and O–H groups in total. The standard InChI is InChI=1S/C9H11NS2/c1-6-3-4-7-5-8(11-2)12-9(7)10-6/h3-6,10H,1-2H3. The summed E-state index contributed by atoms with van der Waals surface area (Å²) in [5.74, 6) is 0. The van der Waals surface area contributed by atoms with Crippen molar-refractivity contribution in [3.63, 3.8) is 0 Å². The summed E-state index contributed by atoms with van der Waals surface area (Å²) < 4.78 is 1.38. The number of hydrogen-bond donors (Lipinski definition) is 1. The van der Waals surface area contributed by atoms with Crippen LogP contribution in [0.15, 0.2) is 16.4 Å². The van der Waals surface area contributed by atoms with Gasteiger partial charge in [-0.1, -0.05) is 12.2 Å². The Morgan fingerprint density at radius 2 is 2.42 bits per heavy atom. The topological polar surface area (TPSA) is 12.0 Å². The summed E-state index contributed by atoms with van der Waals surface area (Å²) in [6.45, 7) is 2.16. The molecule has 1 atom stereocenters. The van der Waals surface area contributed by atoms with E-state index in [0.717, 1.165) is 0 Å². The van der Waals surface area contributed by atoms with E-state index >= 15 is 0 Å². The SMILES string of the molecule is CSc1cc2c(s1)NC(C)C=C2. The van der Waals surface area contributed by atoms with Gasteiger partial charge in [-0.2, -0.15) is 0 Å². The number of anilines is 1. The number of hydrogen-bond acceptors (Lipinski definition) is 3. The van der Waals surface area contributed by atoms with Gasteiger partial charge in [-0.3, -0.25) is 0 Å². The van der Waals surface area contributed by atoms with E-state index < -0.39 is 0 Å². The summed E-state index contributed by atoms with van der Waals surface area (Å²) in [7, 11) is 0. The zero-order valence-electron chi connectivity index (χ0n) is 7.13. The summed E-state index contributed by atoms with van der Waals surface area (Å²) >= 11 is 3.65. The molecule has 2 rings (SSSR count). The van der Waals surface area contributed by atoms with Crippen molar-refractivity contribution in [2.75, 3.05) is 11.6 Å². The van der Waals surface area contributed by atoms with Crippen molar-refractivity contribution < 1.29 is 0 Å². The summed E-state index contributed by atoms with van der Waals surface area (Å²) in [6.07, 6.45) is 6.51. The molecule has 12 heavy (non-hydrogen) atoms. The van der Waals surface area contributed by atoms with Crippen LogP contribution in [0.5, 0.6) is 0 Å². The van der Waals surface area contributed by atoms with Crippen molar-refractivity contribution in [3.05, 3.63) is 17.7 Å². The van der Waals surface area contributed by atoms with Crippen LogP contribution in [0.25, 0.3) is 6.08 Å². The molecule has 1 aromatic heterocycles. The first-order valence-electron chi connectivity index (χ1n) is 3.92. The highest BCUT2D eigenvalue weighted by molar-refractivity contribution is 8.00. The van der Waals surface area contributed by atoms with Gasteiger partial charge in [0.25, 0.3) is 0 Å². The van der Waals surface area contributed by atoms with Crippen LogP contribution in [0.4, 0.5) is 5.00 Å². The highest BCUT2D eigenvalue weighted by atomic mass is 32.2. The van der Waals surface area contributed by atoms with Gasteiger partial charge in [0.05, 0.1) is 9.21 Å². The lowest BCUT2D eigenvalue weighted by molar-refractivity contribution is 1.00. The summed E-state index contributed by atoms with van der Waals surface area (Å²) in [5.41, 5.74) is 1.34. The fraction of sp³-hybridized carbons (Fsp3) is 0.333. The van der Waals surface area contributed by atoms with Crippen LogP contribution in [0.3, 0.4) is 0 Å². The van der Waals surface area contributed by atoms with Crippen LogP contribution < -0.4 is 5.32 Å². The maximum absolute atomic E-state index is 3.43. The number of fused-ring (bicyclic) bond motifs is 1. The van der Waals surface area contributed by atoms with Crippen LogP contribution in [0, 0.1) is 0 Å². The minimum absolute atomic E-state index is 0.478. The highest BCUT2D eigenvalue weighted by Gasteiger charge is 2.11. The molecule has 3 heteroatoms. The zero-order valence-corrected chi connectivity index (χ0v) is 8.76. The van der Waals surface area contributed by atoms with Gasteiger partial charge in [0, 0.05) is 11.6 Å². The van der Waals surface area contributed by atoms with Crippen LogP contribution in [-0.4, -0.2) is 12.3 Å². The van der Waals surface area contributed by atoms with Gasteiger partial charge in [-0.05, 0) is 19.2 Å². The van der Waals surface area contributed by atoms with E-state index in [9.17, 15) is 0 Å². The van der Waals surface area contributed by atoms with Gasteiger partial charge < -0.3 is 5.32 Å². The minimum atomic E-state index is 0.478.